The minimum Gasteiger partial charge on any atom is -0.487 e. The maximum absolute atomic E-state index is 13.0. The summed E-state index contributed by atoms with van der Waals surface area (Å²) in [5.74, 6) is 1.48. The molecule has 144 valence electrons. The van der Waals surface area contributed by atoms with E-state index in [9.17, 15) is 4.79 Å². The Balaban J connectivity index is 1.76. The number of amides is 1. The van der Waals surface area contributed by atoms with Gasteiger partial charge in [0.05, 0.1) is 6.04 Å². The highest BCUT2D eigenvalue weighted by Crippen LogP contribution is 2.39. The maximum Gasteiger partial charge on any atom is 0.261 e. The normalized spacial score (nSPS) is 18.8. The highest BCUT2D eigenvalue weighted by Gasteiger charge is 2.35. The molecule has 1 heterocycles. The van der Waals surface area contributed by atoms with Crippen molar-refractivity contribution >= 4 is 5.91 Å². The standard InChI is InChI=1S/C23H29NO3/c1-6-20(26-17-12-15(2)11-16(3)13-17)22(25)24-19-14-23(4,5)27-21-10-8-7-9-18(19)21/h7-13,19-20H,6,14H2,1-5H3,(H,24,25)/t19-,20+/m1/s1. The van der Waals surface area contributed by atoms with Gasteiger partial charge in [0.2, 0.25) is 0 Å². The van der Waals surface area contributed by atoms with Crippen LogP contribution in [-0.2, 0) is 4.79 Å². The molecule has 3 rings (SSSR count). The van der Waals surface area contributed by atoms with E-state index in [1.807, 2.05) is 71.0 Å². The number of nitrogens with one attached hydrogen (secondary N) is 1. The number of carbonyl (C=O) groups excluding carboxylic acids is 1. The summed E-state index contributed by atoms with van der Waals surface area (Å²) < 4.78 is 12.1. The molecule has 2 atom stereocenters. The van der Waals surface area contributed by atoms with Gasteiger partial charge in [0.1, 0.15) is 17.1 Å². The summed E-state index contributed by atoms with van der Waals surface area (Å²) >= 11 is 0. The van der Waals surface area contributed by atoms with E-state index in [0.29, 0.717) is 6.42 Å². The van der Waals surface area contributed by atoms with E-state index < -0.39 is 6.10 Å². The van der Waals surface area contributed by atoms with Crippen LogP contribution in [-0.4, -0.2) is 17.6 Å². The first-order chi connectivity index (χ1) is 12.8. The Kier molecular flexibility index (Phi) is 5.45. The van der Waals surface area contributed by atoms with E-state index in [0.717, 1.165) is 34.6 Å². The number of benzene rings is 2. The van der Waals surface area contributed by atoms with Crippen LogP contribution in [0.4, 0.5) is 0 Å². The zero-order valence-corrected chi connectivity index (χ0v) is 16.8. The predicted molar refractivity (Wildman–Crippen MR) is 107 cm³/mol. The zero-order valence-electron chi connectivity index (χ0n) is 16.8. The lowest BCUT2D eigenvalue weighted by Crippen LogP contribution is -2.45. The molecule has 1 N–H and O–H groups in total. The Labute approximate surface area is 161 Å². The number of hydrogen-bond acceptors (Lipinski definition) is 3. The van der Waals surface area contributed by atoms with Crippen molar-refractivity contribution in [1.29, 1.82) is 0 Å². The minimum absolute atomic E-state index is 0.0886. The first kappa shape index (κ1) is 19.3. The minimum atomic E-state index is -0.524. The van der Waals surface area contributed by atoms with E-state index >= 15 is 0 Å². The van der Waals surface area contributed by atoms with Gasteiger partial charge in [-0.3, -0.25) is 4.79 Å². The van der Waals surface area contributed by atoms with Gasteiger partial charge in [0, 0.05) is 12.0 Å². The van der Waals surface area contributed by atoms with Crippen molar-refractivity contribution in [2.75, 3.05) is 0 Å². The molecule has 0 bridgehead atoms. The Morgan fingerprint density at radius 2 is 1.89 bits per heavy atom. The summed E-state index contributed by atoms with van der Waals surface area (Å²) in [4.78, 5) is 13.0. The molecule has 0 aromatic heterocycles. The first-order valence-electron chi connectivity index (χ1n) is 9.60. The van der Waals surface area contributed by atoms with Crippen LogP contribution in [0, 0.1) is 13.8 Å². The monoisotopic (exact) mass is 367 g/mol. The van der Waals surface area contributed by atoms with Crippen molar-refractivity contribution in [3.05, 3.63) is 59.2 Å². The molecule has 4 nitrogen and oxygen atoms in total. The van der Waals surface area contributed by atoms with E-state index in [1.165, 1.54) is 0 Å². The van der Waals surface area contributed by atoms with Crippen LogP contribution in [0.3, 0.4) is 0 Å². The average Bonchev–Trinajstić information content (AvgIpc) is 2.57. The Bertz CT molecular complexity index is 808. The van der Waals surface area contributed by atoms with E-state index in [2.05, 4.69) is 11.4 Å². The second kappa shape index (κ2) is 7.63. The zero-order chi connectivity index (χ0) is 19.6. The molecular weight excluding hydrogens is 338 g/mol. The number of fused-ring (bicyclic) bond motifs is 1. The molecule has 27 heavy (non-hydrogen) atoms. The maximum atomic E-state index is 13.0. The Morgan fingerprint density at radius 1 is 1.22 bits per heavy atom. The lowest BCUT2D eigenvalue weighted by Gasteiger charge is -2.38. The predicted octanol–water partition coefficient (Wildman–Crippen LogP) is 4.88. The van der Waals surface area contributed by atoms with Gasteiger partial charge in [-0.05, 0) is 63.4 Å². The van der Waals surface area contributed by atoms with Gasteiger partial charge in [-0.2, -0.15) is 0 Å². The fourth-order valence-corrected chi connectivity index (χ4v) is 3.68. The first-order valence-corrected chi connectivity index (χ1v) is 9.60. The van der Waals surface area contributed by atoms with E-state index in [1.54, 1.807) is 0 Å². The van der Waals surface area contributed by atoms with Crippen molar-refractivity contribution in [1.82, 2.24) is 5.32 Å². The molecule has 4 heteroatoms. The lowest BCUT2D eigenvalue weighted by atomic mass is 9.89. The smallest absolute Gasteiger partial charge is 0.261 e. The summed E-state index contributed by atoms with van der Waals surface area (Å²) in [5.41, 5.74) is 2.94. The molecule has 0 saturated carbocycles. The van der Waals surface area contributed by atoms with Crippen LogP contribution in [0.25, 0.3) is 0 Å². The van der Waals surface area contributed by atoms with Gasteiger partial charge < -0.3 is 14.8 Å². The summed E-state index contributed by atoms with van der Waals surface area (Å²) in [6.45, 7) is 10.1. The third kappa shape index (κ3) is 4.62. The second-order valence-corrected chi connectivity index (χ2v) is 8.00. The fraction of sp³-hybridized carbons (Fsp3) is 0.435. The molecular formula is C23H29NO3. The molecule has 1 amide bonds. The number of ether oxygens (including phenoxy) is 2. The molecule has 0 unspecified atom stereocenters. The highest BCUT2D eigenvalue weighted by atomic mass is 16.5. The summed E-state index contributed by atoms with van der Waals surface area (Å²) in [5, 5.41) is 3.19. The SMILES string of the molecule is CC[C@H](Oc1cc(C)cc(C)c1)C(=O)N[C@@H]1CC(C)(C)Oc2ccccc21. The summed E-state index contributed by atoms with van der Waals surface area (Å²) in [6.07, 6.45) is 0.798. The third-order valence-corrected chi connectivity index (χ3v) is 4.83. The number of rotatable bonds is 5. The van der Waals surface area contributed by atoms with E-state index in [4.69, 9.17) is 9.47 Å². The molecule has 0 saturated heterocycles. The van der Waals surface area contributed by atoms with Crippen molar-refractivity contribution in [2.45, 2.75) is 65.2 Å². The van der Waals surface area contributed by atoms with Crippen LogP contribution in [0.5, 0.6) is 11.5 Å². The van der Waals surface area contributed by atoms with Crippen molar-refractivity contribution in [3.63, 3.8) is 0 Å². The molecule has 0 aliphatic carbocycles. The third-order valence-electron chi connectivity index (χ3n) is 4.83. The second-order valence-electron chi connectivity index (χ2n) is 8.00. The van der Waals surface area contributed by atoms with Gasteiger partial charge in [0.15, 0.2) is 6.10 Å². The van der Waals surface area contributed by atoms with Gasteiger partial charge in [-0.1, -0.05) is 31.2 Å². The van der Waals surface area contributed by atoms with Crippen LogP contribution in [0.1, 0.15) is 56.3 Å². The largest absolute Gasteiger partial charge is 0.487 e. The number of carbonyl (C=O) groups is 1. The molecule has 1 aliphatic rings. The van der Waals surface area contributed by atoms with Gasteiger partial charge >= 0.3 is 0 Å². The quantitative estimate of drug-likeness (QED) is 0.819. The van der Waals surface area contributed by atoms with Crippen molar-refractivity contribution in [2.24, 2.45) is 0 Å². The Morgan fingerprint density at radius 3 is 2.56 bits per heavy atom. The number of hydrogen-bond donors (Lipinski definition) is 1. The van der Waals surface area contributed by atoms with Crippen LogP contribution in [0.2, 0.25) is 0 Å². The van der Waals surface area contributed by atoms with Crippen molar-refractivity contribution < 1.29 is 14.3 Å². The van der Waals surface area contributed by atoms with E-state index in [-0.39, 0.29) is 17.6 Å². The van der Waals surface area contributed by atoms with Gasteiger partial charge in [0.25, 0.3) is 5.91 Å². The fourth-order valence-electron chi connectivity index (χ4n) is 3.68. The molecule has 1 aliphatic heterocycles. The van der Waals surface area contributed by atoms with Gasteiger partial charge in [-0.15, -0.1) is 0 Å². The summed E-state index contributed by atoms with van der Waals surface area (Å²) in [7, 11) is 0. The number of aryl methyl sites for hydroxylation is 2. The van der Waals surface area contributed by atoms with Crippen molar-refractivity contribution in [3.8, 4) is 11.5 Å². The molecule has 2 aromatic carbocycles. The van der Waals surface area contributed by atoms with Crippen LogP contribution in [0.15, 0.2) is 42.5 Å². The highest BCUT2D eigenvalue weighted by molar-refractivity contribution is 5.81. The molecule has 0 radical (unpaired) electrons. The molecule has 0 spiro atoms. The van der Waals surface area contributed by atoms with Crippen LogP contribution < -0.4 is 14.8 Å². The van der Waals surface area contributed by atoms with Crippen LogP contribution >= 0.6 is 0 Å². The molecule has 2 aromatic rings. The summed E-state index contributed by atoms with van der Waals surface area (Å²) in [6, 6.07) is 13.8. The lowest BCUT2D eigenvalue weighted by molar-refractivity contribution is -0.129. The topological polar surface area (TPSA) is 47.6 Å². The molecule has 0 fully saturated rings. The van der Waals surface area contributed by atoms with Gasteiger partial charge in [-0.25, -0.2) is 0 Å². The Hall–Kier alpha value is -2.49. The number of para-hydroxylation sites is 1. The average molecular weight is 367 g/mol.